The van der Waals surface area contributed by atoms with Gasteiger partial charge in [-0.1, -0.05) is 6.92 Å². The highest BCUT2D eigenvalue weighted by molar-refractivity contribution is 5.79. The summed E-state index contributed by atoms with van der Waals surface area (Å²) < 4.78 is 0. The summed E-state index contributed by atoms with van der Waals surface area (Å²) >= 11 is 0. The third kappa shape index (κ3) is 3.73. The van der Waals surface area contributed by atoms with Crippen molar-refractivity contribution in [1.29, 1.82) is 0 Å². The highest BCUT2D eigenvalue weighted by Crippen LogP contribution is 2.24. The number of rotatable bonds is 4. The number of hydrogen-bond donors (Lipinski definition) is 1. The van der Waals surface area contributed by atoms with Crippen LogP contribution >= 0.6 is 0 Å². The predicted molar refractivity (Wildman–Crippen MR) is 82.6 cm³/mol. The smallest absolute Gasteiger partial charge is 0.227 e. The van der Waals surface area contributed by atoms with Gasteiger partial charge < -0.3 is 15.1 Å². The highest BCUT2D eigenvalue weighted by atomic mass is 16.2. The van der Waals surface area contributed by atoms with Crippen molar-refractivity contribution in [3.8, 4) is 0 Å². The zero-order valence-corrected chi connectivity index (χ0v) is 13.6. The van der Waals surface area contributed by atoms with Gasteiger partial charge in [-0.25, -0.2) is 0 Å². The van der Waals surface area contributed by atoms with Crippen molar-refractivity contribution in [1.82, 2.24) is 15.1 Å². The van der Waals surface area contributed by atoms with Crippen molar-refractivity contribution in [2.75, 3.05) is 39.8 Å². The Morgan fingerprint density at radius 2 is 1.95 bits per heavy atom. The van der Waals surface area contributed by atoms with Gasteiger partial charge in [0.15, 0.2) is 0 Å². The number of carbonyl (C=O) groups excluding carboxylic acids is 1. The van der Waals surface area contributed by atoms with Crippen LogP contribution in [0.5, 0.6) is 0 Å². The highest BCUT2D eigenvalue weighted by Gasteiger charge is 2.34. The minimum atomic E-state index is 0.213. The van der Waals surface area contributed by atoms with E-state index >= 15 is 0 Å². The summed E-state index contributed by atoms with van der Waals surface area (Å²) in [7, 11) is 2.20. The molecule has 2 rings (SSSR count). The lowest BCUT2D eigenvalue weighted by Crippen LogP contribution is -2.45. The Hall–Kier alpha value is -0.610. The molecule has 2 atom stereocenters. The van der Waals surface area contributed by atoms with Crippen LogP contribution in [0.4, 0.5) is 0 Å². The summed E-state index contributed by atoms with van der Waals surface area (Å²) in [4.78, 5) is 17.1. The molecule has 0 spiro atoms. The first-order valence-electron chi connectivity index (χ1n) is 8.18. The SMILES string of the molecule is CC(C)N(C)CC1CCN(C(=O)[C@@H]2CNC[C@H]2C)CC1. The molecule has 0 saturated carbocycles. The van der Waals surface area contributed by atoms with Gasteiger partial charge in [-0.05, 0) is 52.1 Å². The van der Waals surface area contributed by atoms with Crippen LogP contribution in [0.15, 0.2) is 0 Å². The topological polar surface area (TPSA) is 35.6 Å². The van der Waals surface area contributed by atoms with Crippen LogP contribution in [0.2, 0.25) is 0 Å². The Bertz CT molecular complexity index is 324. The Morgan fingerprint density at radius 3 is 2.45 bits per heavy atom. The second-order valence-corrected chi connectivity index (χ2v) is 7.04. The van der Waals surface area contributed by atoms with Gasteiger partial charge in [-0.15, -0.1) is 0 Å². The van der Waals surface area contributed by atoms with E-state index in [2.05, 4.69) is 42.9 Å². The number of nitrogens with zero attached hydrogens (tertiary/aromatic N) is 2. The van der Waals surface area contributed by atoms with E-state index < -0.39 is 0 Å². The molecule has 2 aliphatic heterocycles. The number of piperidine rings is 1. The van der Waals surface area contributed by atoms with E-state index in [1.54, 1.807) is 0 Å². The van der Waals surface area contributed by atoms with E-state index in [1.807, 2.05) is 0 Å². The molecular formula is C16H31N3O. The molecule has 2 fully saturated rings. The molecule has 2 saturated heterocycles. The molecule has 0 aromatic heterocycles. The van der Waals surface area contributed by atoms with Crippen molar-refractivity contribution < 1.29 is 4.79 Å². The molecule has 1 N–H and O–H groups in total. The van der Waals surface area contributed by atoms with E-state index in [-0.39, 0.29) is 5.92 Å². The molecule has 0 bridgehead atoms. The maximum absolute atomic E-state index is 12.5. The Labute approximate surface area is 123 Å². The number of likely N-dealkylation sites (tertiary alicyclic amines) is 1. The molecule has 2 heterocycles. The van der Waals surface area contributed by atoms with Crippen LogP contribution in [0, 0.1) is 17.8 Å². The van der Waals surface area contributed by atoms with Crippen molar-refractivity contribution >= 4 is 5.91 Å². The largest absolute Gasteiger partial charge is 0.342 e. The summed E-state index contributed by atoms with van der Waals surface area (Å²) in [5.74, 6) is 1.85. The molecule has 2 aliphatic rings. The van der Waals surface area contributed by atoms with E-state index in [9.17, 15) is 4.79 Å². The summed E-state index contributed by atoms with van der Waals surface area (Å²) in [5, 5.41) is 3.34. The first kappa shape index (κ1) is 15.8. The molecule has 4 nitrogen and oxygen atoms in total. The quantitative estimate of drug-likeness (QED) is 0.846. The maximum atomic E-state index is 12.5. The molecule has 1 amide bonds. The standard InChI is InChI=1S/C16H31N3O/c1-12(2)18(4)11-14-5-7-19(8-6-14)16(20)15-10-17-9-13(15)3/h12-15,17H,5-11H2,1-4H3/t13-,15-/m1/s1. The number of hydrogen-bond acceptors (Lipinski definition) is 3. The number of carbonyl (C=O) groups is 1. The second kappa shape index (κ2) is 6.90. The van der Waals surface area contributed by atoms with Crippen LogP contribution < -0.4 is 5.32 Å². The fourth-order valence-electron chi connectivity index (χ4n) is 3.33. The van der Waals surface area contributed by atoms with Crippen LogP contribution in [-0.2, 0) is 4.79 Å². The third-order valence-electron chi connectivity index (χ3n) is 5.19. The first-order chi connectivity index (χ1) is 9.49. The van der Waals surface area contributed by atoms with Gasteiger partial charge >= 0.3 is 0 Å². The van der Waals surface area contributed by atoms with Crippen LogP contribution in [-0.4, -0.2) is 61.5 Å². The fraction of sp³-hybridized carbons (Fsp3) is 0.938. The van der Waals surface area contributed by atoms with Gasteiger partial charge in [0.2, 0.25) is 5.91 Å². The van der Waals surface area contributed by atoms with Gasteiger partial charge in [0.05, 0.1) is 5.92 Å². The normalized spacial score (nSPS) is 28.6. The van der Waals surface area contributed by atoms with Gasteiger partial charge in [0, 0.05) is 32.2 Å². The fourth-order valence-corrected chi connectivity index (χ4v) is 3.33. The summed E-state index contributed by atoms with van der Waals surface area (Å²) in [6.07, 6.45) is 2.33. The lowest BCUT2D eigenvalue weighted by atomic mass is 9.92. The molecule has 116 valence electrons. The predicted octanol–water partition coefficient (Wildman–Crippen LogP) is 1.42. The molecular weight excluding hydrogens is 250 g/mol. The van der Waals surface area contributed by atoms with Gasteiger partial charge in [0.1, 0.15) is 0 Å². The lowest BCUT2D eigenvalue weighted by molar-refractivity contribution is -0.137. The lowest BCUT2D eigenvalue weighted by Gasteiger charge is -2.36. The van der Waals surface area contributed by atoms with Crippen LogP contribution in [0.3, 0.4) is 0 Å². The van der Waals surface area contributed by atoms with E-state index in [0.717, 1.165) is 44.9 Å². The zero-order chi connectivity index (χ0) is 14.7. The third-order valence-corrected chi connectivity index (χ3v) is 5.19. The minimum absolute atomic E-state index is 0.213. The van der Waals surface area contributed by atoms with Gasteiger partial charge in [-0.3, -0.25) is 4.79 Å². The monoisotopic (exact) mass is 281 g/mol. The Morgan fingerprint density at radius 1 is 1.30 bits per heavy atom. The molecule has 20 heavy (non-hydrogen) atoms. The van der Waals surface area contributed by atoms with Crippen molar-refractivity contribution in [2.24, 2.45) is 17.8 Å². The second-order valence-electron chi connectivity index (χ2n) is 7.04. The zero-order valence-electron chi connectivity index (χ0n) is 13.6. The number of amides is 1. The molecule has 0 aromatic rings. The number of nitrogens with one attached hydrogen (secondary N) is 1. The summed E-state index contributed by atoms with van der Waals surface area (Å²) in [6.45, 7) is 11.6. The maximum Gasteiger partial charge on any atom is 0.227 e. The summed E-state index contributed by atoms with van der Waals surface area (Å²) in [5.41, 5.74) is 0. The average Bonchev–Trinajstić information content (AvgIpc) is 2.85. The van der Waals surface area contributed by atoms with Crippen LogP contribution in [0.25, 0.3) is 0 Å². The Kier molecular flexibility index (Phi) is 5.44. The van der Waals surface area contributed by atoms with Gasteiger partial charge in [-0.2, -0.15) is 0 Å². The minimum Gasteiger partial charge on any atom is -0.342 e. The van der Waals surface area contributed by atoms with Crippen molar-refractivity contribution in [3.05, 3.63) is 0 Å². The van der Waals surface area contributed by atoms with Crippen molar-refractivity contribution in [2.45, 2.75) is 39.7 Å². The Balaban J connectivity index is 1.77. The van der Waals surface area contributed by atoms with E-state index in [1.165, 1.54) is 6.54 Å². The summed E-state index contributed by atoms with van der Waals surface area (Å²) in [6, 6.07) is 0.611. The van der Waals surface area contributed by atoms with E-state index in [0.29, 0.717) is 17.9 Å². The van der Waals surface area contributed by atoms with Crippen LogP contribution in [0.1, 0.15) is 33.6 Å². The van der Waals surface area contributed by atoms with Gasteiger partial charge in [0.25, 0.3) is 0 Å². The molecule has 0 unspecified atom stereocenters. The molecule has 4 heteroatoms. The molecule has 0 radical (unpaired) electrons. The first-order valence-corrected chi connectivity index (χ1v) is 8.18. The molecule has 0 aliphatic carbocycles. The average molecular weight is 281 g/mol. The van der Waals surface area contributed by atoms with E-state index in [4.69, 9.17) is 0 Å². The van der Waals surface area contributed by atoms with Crippen molar-refractivity contribution in [3.63, 3.8) is 0 Å². The molecule has 0 aromatic carbocycles.